The van der Waals surface area contributed by atoms with Crippen LogP contribution in [0.3, 0.4) is 0 Å². The molecule has 2 aliphatic heterocycles. The van der Waals surface area contributed by atoms with E-state index in [4.69, 9.17) is 0 Å². The minimum absolute atomic E-state index is 0.0123. The highest BCUT2D eigenvalue weighted by molar-refractivity contribution is 5.79. The maximum absolute atomic E-state index is 12.9. The molecular formula is C15H23F3N2O. The Labute approximate surface area is 123 Å². The summed E-state index contributed by atoms with van der Waals surface area (Å²) in [5.41, 5.74) is 0. The number of hydrogen-bond donors (Lipinski definition) is 1. The van der Waals surface area contributed by atoms with Gasteiger partial charge in [-0.05, 0) is 44.6 Å². The molecule has 1 amide bonds. The van der Waals surface area contributed by atoms with Crippen LogP contribution >= 0.6 is 0 Å². The Morgan fingerprint density at radius 3 is 2.62 bits per heavy atom. The molecule has 0 radical (unpaired) electrons. The van der Waals surface area contributed by atoms with Gasteiger partial charge in [-0.25, -0.2) is 0 Å². The van der Waals surface area contributed by atoms with Gasteiger partial charge in [0.2, 0.25) is 5.91 Å². The zero-order valence-electron chi connectivity index (χ0n) is 12.2. The van der Waals surface area contributed by atoms with Gasteiger partial charge in [-0.1, -0.05) is 6.42 Å². The molecule has 1 saturated carbocycles. The monoisotopic (exact) mass is 304 g/mol. The molecule has 0 aromatic rings. The van der Waals surface area contributed by atoms with E-state index in [0.717, 1.165) is 25.9 Å². The molecule has 3 fully saturated rings. The molecule has 3 rings (SSSR count). The fraction of sp³-hybridized carbons (Fsp3) is 0.933. The van der Waals surface area contributed by atoms with Gasteiger partial charge in [0.05, 0.1) is 5.92 Å². The number of amides is 1. The van der Waals surface area contributed by atoms with Gasteiger partial charge in [0.25, 0.3) is 0 Å². The first-order chi connectivity index (χ1) is 9.95. The third-order valence-electron chi connectivity index (χ3n) is 5.40. The van der Waals surface area contributed by atoms with Crippen LogP contribution in [0.25, 0.3) is 0 Å². The van der Waals surface area contributed by atoms with E-state index in [1.807, 2.05) is 4.90 Å². The van der Waals surface area contributed by atoms with Crippen LogP contribution in [-0.4, -0.2) is 42.7 Å². The van der Waals surface area contributed by atoms with E-state index in [1.165, 1.54) is 0 Å². The second-order valence-electron chi connectivity index (χ2n) is 6.81. The predicted octanol–water partition coefficient (Wildman–Crippen LogP) is 2.57. The number of nitrogens with zero attached hydrogens (tertiary/aromatic N) is 1. The quantitative estimate of drug-likeness (QED) is 0.807. The second-order valence-corrected chi connectivity index (χ2v) is 6.81. The fourth-order valence-electron chi connectivity index (χ4n) is 4.20. The Balaban J connectivity index is 1.60. The number of nitrogens with one attached hydrogen (secondary N) is 1. The number of carbonyl (C=O) groups excluding carboxylic acids is 1. The molecular weight excluding hydrogens is 281 g/mol. The van der Waals surface area contributed by atoms with Crippen LogP contribution in [0.2, 0.25) is 0 Å². The summed E-state index contributed by atoms with van der Waals surface area (Å²) in [6.07, 6.45) is -0.606. The molecule has 120 valence electrons. The highest BCUT2D eigenvalue weighted by Crippen LogP contribution is 2.41. The van der Waals surface area contributed by atoms with Crippen molar-refractivity contribution in [3.8, 4) is 0 Å². The molecule has 6 heteroatoms. The van der Waals surface area contributed by atoms with E-state index in [1.54, 1.807) is 0 Å². The summed E-state index contributed by atoms with van der Waals surface area (Å²) in [4.78, 5) is 14.4. The molecule has 0 aromatic carbocycles. The highest BCUT2D eigenvalue weighted by Gasteiger charge is 2.45. The van der Waals surface area contributed by atoms with E-state index in [2.05, 4.69) is 5.32 Å². The summed E-state index contributed by atoms with van der Waals surface area (Å²) in [6, 6.07) is 0.352. The summed E-state index contributed by atoms with van der Waals surface area (Å²) in [5, 5.41) is 3.43. The summed E-state index contributed by atoms with van der Waals surface area (Å²) in [6.45, 7) is 2.39. The van der Waals surface area contributed by atoms with E-state index < -0.39 is 18.0 Å². The Hall–Kier alpha value is -0.780. The standard InChI is InChI=1S/C15H23F3N2O/c16-15(17,18)12-5-1-3-10(7-12)14(21)20-8-11-4-2-6-19-13(11)9-20/h10-13,19H,1-9H2/t10?,11-,12?,13+/m0/s1. The van der Waals surface area contributed by atoms with Crippen molar-refractivity contribution >= 4 is 5.91 Å². The van der Waals surface area contributed by atoms with Crippen molar-refractivity contribution in [3.63, 3.8) is 0 Å². The van der Waals surface area contributed by atoms with Gasteiger partial charge in [0.1, 0.15) is 0 Å². The Bertz CT molecular complexity index is 385. The summed E-state index contributed by atoms with van der Waals surface area (Å²) >= 11 is 0. The number of hydrogen-bond acceptors (Lipinski definition) is 2. The number of fused-ring (bicyclic) bond motifs is 1. The predicted molar refractivity (Wildman–Crippen MR) is 72.6 cm³/mol. The van der Waals surface area contributed by atoms with Crippen LogP contribution in [0.15, 0.2) is 0 Å². The van der Waals surface area contributed by atoms with E-state index in [-0.39, 0.29) is 18.7 Å². The third-order valence-corrected chi connectivity index (χ3v) is 5.40. The minimum atomic E-state index is -4.15. The van der Waals surface area contributed by atoms with Crippen molar-refractivity contribution < 1.29 is 18.0 Å². The van der Waals surface area contributed by atoms with E-state index >= 15 is 0 Å². The van der Waals surface area contributed by atoms with Gasteiger partial charge < -0.3 is 10.2 Å². The van der Waals surface area contributed by atoms with Gasteiger partial charge in [-0.15, -0.1) is 0 Å². The van der Waals surface area contributed by atoms with Crippen LogP contribution in [-0.2, 0) is 4.79 Å². The van der Waals surface area contributed by atoms with Crippen LogP contribution in [0.1, 0.15) is 38.5 Å². The number of piperidine rings is 1. The zero-order chi connectivity index (χ0) is 15.0. The molecule has 2 unspecified atom stereocenters. The van der Waals surface area contributed by atoms with Gasteiger partial charge >= 0.3 is 6.18 Å². The first-order valence-electron chi connectivity index (χ1n) is 8.04. The number of likely N-dealkylation sites (tertiary alicyclic amines) is 1. The van der Waals surface area contributed by atoms with Gasteiger partial charge in [-0.2, -0.15) is 13.2 Å². The lowest BCUT2D eigenvalue weighted by atomic mass is 9.80. The topological polar surface area (TPSA) is 32.3 Å². The van der Waals surface area contributed by atoms with Crippen LogP contribution < -0.4 is 5.32 Å². The maximum Gasteiger partial charge on any atom is 0.391 e. The third kappa shape index (κ3) is 3.20. The van der Waals surface area contributed by atoms with Crippen LogP contribution in [0.4, 0.5) is 13.2 Å². The highest BCUT2D eigenvalue weighted by atomic mass is 19.4. The SMILES string of the molecule is O=C(C1CCCC(C(F)(F)F)C1)N1C[C@@H]2CCCN[C@@H]2C1. The molecule has 0 bridgehead atoms. The van der Waals surface area contributed by atoms with Gasteiger partial charge in [-0.3, -0.25) is 4.79 Å². The number of halogens is 3. The lowest BCUT2D eigenvalue weighted by Crippen LogP contribution is -2.42. The molecule has 2 heterocycles. The summed E-state index contributed by atoms with van der Waals surface area (Å²) in [7, 11) is 0. The van der Waals surface area contributed by atoms with E-state index in [0.29, 0.717) is 31.3 Å². The van der Waals surface area contributed by atoms with Crippen LogP contribution in [0.5, 0.6) is 0 Å². The zero-order valence-corrected chi connectivity index (χ0v) is 12.2. The maximum atomic E-state index is 12.9. The summed E-state index contributed by atoms with van der Waals surface area (Å²) in [5.74, 6) is -1.27. The normalized spacial score (nSPS) is 37.4. The van der Waals surface area contributed by atoms with Crippen molar-refractivity contribution in [2.75, 3.05) is 19.6 Å². The number of alkyl halides is 3. The molecule has 0 aromatic heterocycles. The second kappa shape index (κ2) is 5.78. The average molecular weight is 304 g/mol. The van der Waals surface area contributed by atoms with Crippen molar-refractivity contribution in [3.05, 3.63) is 0 Å². The first kappa shape index (κ1) is 15.1. The molecule has 0 spiro atoms. The molecule has 3 nitrogen and oxygen atoms in total. The lowest BCUT2D eigenvalue weighted by Gasteiger charge is -2.32. The van der Waals surface area contributed by atoms with Gasteiger partial charge in [0.15, 0.2) is 0 Å². The largest absolute Gasteiger partial charge is 0.391 e. The fourth-order valence-corrected chi connectivity index (χ4v) is 4.20. The van der Waals surface area contributed by atoms with Crippen molar-refractivity contribution in [2.45, 2.75) is 50.7 Å². The molecule has 2 saturated heterocycles. The van der Waals surface area contributed by atoms with Crippen molar-refractivity contribution in [2.24, 2.45) is 17.8 Å². The van der Waals surface area contributed by atoms with E-state index in [9.17, 15) is 18.0 Å². The average Bonchev–Trinajstić information content (AvgIpc) is 2.89. The molecule has 21 heavy (non-hydrogen) atoms. The lowest BCUT2D eigenvalue weighted by molar-refractivity contribution is -0.187. The first-order valence-corrected chi connectivity index (χ1v) is 8.04. The van der Waals surface area contributed by atoms with Crippen molar-refractivity contribution in [1.82, 2.24) is 10.2 Å². The number of carbonyl (C=O) groups is 1. The molecule has 3 aliphatic rings. The molecule has 4 atom stereocenters. The van der Waals surface area contributed by atoms with Crippen molar-refractivity contribution in [1.29, 1.82) is 0 Å². The van der Waals surface area contributed by atoms with Crippen LogP contribution in [0, 0.1) is 17.8 Å². The van der Waals surface area contributed by atoms with Gasteiger partial charge in [0, 0.05) is 25.0 Å². The molecule has 1 N–H and O–H groups in total. The smallest absolute Gasteiger partial charge is 0.341 e. The Morgan fingerprint density at radius 2 is 1.90 bits per heavy atom. The summed E-state index contributed by atoms with van der Waals surface area (Å²) < 4.78 is 38.6. The number of rotatable bonds is 1. The minimum Gasteiger partial charge on any atom is -0.341 e. The molecule has 1 aliphatic carbocycles. The Kier molecular flexibility index (Phi) is 4.17. The Morgan fingerprint density at radius 1 is 1.10 bits per heavy atom.